The maximum Gasteiger partial charge on any atom is 0.181 e. The highest BCUT2D eigenvalue weighted by Gasteiger charge is 1.89. The monoisotopic (exact) mass is 165 g/mol. The van der Waals surface area contributed by atoms with Gasteiger partial charge in [-0.25, -0.2) is 4.98 Å². The maximum atomic E-state index is 4.90. The van der Waals surface area contributed by atoms with Crippen LogP contribution in [0.25, 0.3) is 12.2 Å². The van der Waals surface area contributed by atoms with E-state index in [1.165, 1.54) is 6.39 Å². The zero-order chi connectivity index (χ0) is 9.56. The third kappa shape index (κ3) is 2.38. The molecule has 0 amide bonds. The Morgan fingerprint density at radius 3 is 2.50 bits per heavy atom. The van der Waals surface area contributed by atoms with Gasteiger partial charge in [-0.2, -0.15) is 0 Å². The van der Waals surface area contributed by atoms with E-state index >= 15 is 0 Å². The summed E-state index contributed by atoms with van der Waals surface area (Å²) in [6.45, 7) is 13.2. The van der Waals surface area contributed by atoms with Crippen LogP contribution in [0.3, 0.4) is 0 Å². The average molecular weight is 165 g/mol. The van der Waals surface area contributed by atoms with E-state index in [-0.39, 0.29) is 0 Å². The Morgan fingerprint density at radius 1 is 1.58 bits per heavy atom. The minimum absolute atomic E-state index is 0.595. The lowest BCUT2D eigenvalue weighted by Gasteiger charge is -1.81. The van der Waals surface area contributed by atoms with E-state index in [2.05, 4.69) is 18.1 Å². The highest BCUT2D eigenvalue weighted by molar-refractivity contribution is 5.50. The predicted octanol–water partition coefficient (Wildman–Crippen LogP) is 1.47. The molecule has 0 unspecified atom stereocenters. The first kappa shape index (κ1) is 10.7. The van der Waals surface area contributed by atoms with Gasteiger partial charge < -0.3 is 4.42 Å². The van der Waals surface area contributed by atoms with Crippen LogP contribution in [0.15, 0.2) is 23.5 Å². The number of hydrogen-bond donors (Lipinski definition) is 0. The SMILES string of the molecule is C=C/C(C)=c1/ncoc1=C.CC. The van der Waals surface area contributed by atoms with E-state index in [0.29, 0.717) is 5.42 Å². The highest BCUT2D eigenvalue weighted by Crippen LogP contribution is 1.85. The number of allylic oxidation sites excluding steroid dienone is 1. The topological polar surface area (TPSA) is 26.0 Å². The van der Waals surface area contributed by atoms with Crippen LogP contribution in [0.2, 0.25) is 0 Å². The lowest BCUT2D eigenvalue weighted by molar-refractivity contribution is 0.526. The van der Waals surface area contributed by atoms with E-state index in [0.717, 1.165) is 10.9 Å². The van der Waals surface area contributed by atoms with Crippen LogP contribution >= 0.6 is 0 Å². The second-order valence-corrected chi connectivity index (χ2v) is 2.01. The van der Waals surface area contributed by atoms with Gasteiger partial charge in [0.15, 0.2) is 6.39 Å². The summed E-state index contributed by atoms with van der Waals surface area (Å²) < 4.78 is 4.90. The molecular weight excluding hydrogens is 150 g/mol. The average Bonchev–Trinajstić information content (AvgIpc) is 2.54. The molecular formula is C10H15NO. The molecule has 0 radical (unpaired) electrons. The Hall–Kier alpha value is -1.31. The summed E-state index contributed by atoms with van der Waals surface area (Å²) in [5.41, 5.74) is 1.58. The Balaban J connectivity index is 0.000000561. The van der Waals surface area contributed by atoms with Crippen molar-refractivity contribution in [2.24, 2.45) is 0 Å². The van der Waals surface area contributed by atoms with Gasteiger partial charge in [0.2, 0.25) is 0 Å². The molecule has 0 N–H and O–H groups in total. The van der Waals surface area contributed by atoms with E-state index in [9.17, 15) is 0 Å². The first-order valence-electron chi connectivity index (χ1n) is 3.97. The number of nitrogens with zero attached hydrogens (tertiary/aromatic N) is 1. The molecule has 1 heterocycles. The first-order valence-corrected chi connectivity index (χ1v) is 3.97. The Morgan fingerprint density at radius 2 is 2.17 bits per heavy atom. The molecule has 0 aliphatic carbocycles. The van der Waals surface area contributed by atoms with Crippen LogP contribution in [-0.2, 0) is 0 Å². The zero-order valence-corrected chi connectivity index (χ0v) is 7.92. The quantitative estimate of drug-likeness (QED) is 0.629. The molecule has 0 atom stereocenters. The number of oxazole rings is 1. The van der Waals surface area contributed by atoms with Gasteiger partial charge in [0, 0.05) is 0 Å². The Kier molecular flexibility index (Phi) is 4.77. The van der Waals surface area contributed by atoms with Crippen molar-refractivity contribution < 1.29 is 4.42 Å². The van der Waals surface area contributed by atoms with Crippen LogP contribution in [0.1, 0.15) is 20.8 Å². The lowest BCUT2D eigenvalue weighted by Crippen LogP contribution is -2.22. The van der Waals surface area contributed by atoms with Crippen molar-refractivity contribution in [1.29, 1.82) is 0 Å². The molecule has 0 saturated heterocycles. The van der Waals surface area contributed by atoms with Crippen molar-refractivity contribution in [2.75, 3.05) is 0 Å². The summed E-state index contributed by atoms with van der Waals surface area (Å²) in [7, 11) is 0. The molecule has 0 aliphatic heterocycles. The van der Waals surface area contributed by atoms with Crippen molar-refractivity contribution in [3.63, 3.8) is 0 Å². The van der Waals surface area contributed by atoms with E-state index < -0.39 is 0 Å². The lowest BCUT2D eigenvalue weighted by atomic mass is 10.3. The Labute approximate surface area is 72.9 Å². The van der Waals surface area contributed by atoms with E-state index in [1.807, 2.05) is 20.8 Å². The number of rotatable bonds is 1. The fourth-order valence-corrected chi connectivity index (χ4v) is 0.689. The minimum Gasteiger partial charge on any atom is -0.444 e. The molecule has 1 rings (SSSR count). The van der Waals surface area contributed by atoms with Gasteiger partial charge in [-0.05, 0) is 12.5 Å². The summed E-state index contributed by atoms with van der Waals surface area (Å²) in [4.78, 5) is 3.95. The van der Waals surface area contributed by atoms with Gasteiger partial charge in [-0.15, -0.1) is 0 Å². The molecule has 0 aromatic carbocycles. The fourth-order valence-electron chi connectivity index (χ4n) is 0.689. The fraction of sp³-hybridized carbons (Fsp3) is 0.300. The molecule has 0 aliphatic rings. The van der Waals surface area contributed by atoms with E-state index in [4.69, 9.17) is 4.42 Å². The van der Waals surface area contributed by atoms with Gasteiger partial charge in [0.05, 0.1) is 0 Å². The molecule has 2 nitrogen and oxygen atoms in total. The largest absolute Gasteiger partial charge is 0.444 e. The number of hydrogen-bond acceptors (Lipinski definition) is 2. The van der Waals surface area contributed by atoms with Crippen LogP contribution in [-0.4, -0.2) is 4.98 Å². The molecule has 0 spiro atoms. The summed E-state index contributed by atoms with van der Waals surface area (Å²) in [6.07, 6.45) is 3.11. The summed E-state index contributed by atoms with van der Waals surface area (Å²) in [5.74, 6) is 0. The van der Waals surface area contributed by atoms with E-state index in [1.54, 1.807) is 6.08 Å². The zero-order valence-electron chi connectivity index (χ0n) is 7.92. The van der Waals surface area contributed by atoms with Gasteiger partial charge in [0.25, 0.3) is 0 Å². The molecule has 0 saturated carbocycles. The first-order chi connectivity index (χ1) is 5.75. The smallest absolute Gasteiger partial charge is 0.181 e. The standard InChI is InChI=1S/C8H9NO.C2H6/c1-4-6(2)8-7(3)10-5-9-8;1-2/h4-5H,1,3H2,2H3;1-2H3/b8-6+;. The van der Waals surface area contributed by atoms with Crippen LogP contribution < -0.4 is 10.8 Å². The summed E-state index contributed by atoms with van der Waals surface area (Å²) in [5, 5.41) is 0.787. The molecule has 0 bridgehead atoms. The Bertz CT molecular complexity index is 335. The highest BCUT2D eigenvalue weighted by atomic mass is 16.3. The second kappa shape index (κ2) is 5.35. The van der Waals surface area contributed by atoms with Crippen molar-refractivity contribution in [3.05, 3.63) is 29.8 Å². The van der Waals surface area contributed by atoms with Crippen LogP contribution in [0, 0.1) is 0 Å². The molecule has 1 aromatic rings. The van der Waals surface area contributed by atoms with Gasteiger partial charge in [-0.1, -0.05) is 33.1 Å². The normalized spacial score (nSPS) is 11.2. The third-order valence-corrected chi connectivity index (χ3v) is 1.32. The van der Waals surface area contributed by atoms with Crippen molar-refractivity contribution >= 4 is 12.2 Å². The van der Waals surface area contributed by atoms with Gasteiger partial charge in [0.1, 0.15) is 10.8 Å². The van der Waals surface area contributed by atoms with Crippen LogP contribution in [0.4, 0.5) is 0 Å². The van der Waals surface area contributed by atoms with Crippen molar-refractivity contribution in [3.8, 4) is 0 Å². The molecule has 12 heavy (non-hydrogen) atoms. The molecule has 0 fully saturated rings. The maximum absolute atomic E-state index is 4.90. The second-order valence-electron chi connectivity index (χ2n) is 2.01. The summed E-state index contributed by atoms with van der Waals surface area (Å²) in [6, 6.07) is 0. The van der Waals surface area contributed by atoms with Crippen LogP contribution in [0.5, 0.6) is 0 Å². The minimum atomic E-state index is 0.595. The number of aromatic nitrogens is 1. The molecule has 1 aromatic heterocycles. The molecule has 2 heteroatoms. The summed E-state index contributed by atoms with van der Waals surface area (Å²) >= 11 is 0. The molecule has 66 valence electrons. The third-order valence-electron chi connectivity index (χ3n) is 1.32. The van der Waals surface area contributed by atoms with Crippen molar-refractivity contribution in [1.82, 2.24) is 4.98 Å². The van der Waals surface area contributed by atoms with Crippen molar-refractivity contribution in [2.45, 2.75) is 20.8 Å². The van der Waals surface area contributed by atoms with Gasteiger partial charge >= 0.3 is 0 Å². The van der Waals surface area contributed by atoms with Gasteiger partial charge in [-0.3, -0.25) is 0 Å². The predicted molar refractivity (Wildman–Crippen MR) is 51.9 cm³/mol.